The Balaban J connectivity index is 1.87. The summed E-state index contributed by atoms with van der Waals surface area (Å²) in [6, 6.07) is 12.4. The largest absolute Gasteiger partial charge is 0.349 e. The molecule has 3 rings (SSSR count). The lowest BCUT2D eigenvalue weighted by molar-refractivity contribution is -0.128. The third-order valence-electron chi connectivity index (χ3n) is 5.27. The fourth-order valence-electron chi connectivity index (χ4n) is 3.82. The molecule has 1 fully saturated rings. The van der Waals surface area contributed by atoms with E-state index in [0.717, 1.165) is 31.2 Å². The van der Waals surface area contributed by atoms with Gasteiger partial charge >= 0.3 is 0 Å². The first-order valence-corrected chi connectivity index (χ1v) is 8.90. The van der Waals surface area contributed by atoms with Crippen LogP contribution in [0.2, 0.25) is 0 Å². The van der Waals surface area contributed by atoms with E-state index in [9.17, 15) is 4.79 Å². The van der Waals surface area contributed by atoms with E-state index >= 15 is 0 Å². The van der Waals surface area contributed by atoms with Crippen molar-refractivity contribution in [1.29, 1.82) is 0 Å². The number of aromatic nitrogens is 1. The number of pyridine rings is 1. The van der Waals surface area contributed by atoms with Crippen molar-refractivity contribution in [1.82, 2.24) is 10.3 Å². The highest BCUT2D eigenvalue weighted by Crippen LogP contribution is 2.40. The van der Waals surface area contributed by atoms with Gasteiger partial charge in [0.1, 0.15) is 0 Å². The van der Waals surface area contributed by atoms with Crippen LogP contribution in [0.1, 0.15) is 61.8 Å². The fourth-order valence-corrected chi connectivity index (χ4v) is 3.82. The summed E-state index contributed by atoms with van der Waals surface area (Å²) in [7, 11) is 0. The van der Waals surface area contributed by atoms with Gasteiger partial charge in [0, 0.05) is 12.4 Å². The molecular weight excluding hydrogens is 296 g/mol. The van der Waals surface area contributed by atoms with E-state index < -0.39 is 0 Å². The average molecular weight is 322 g/mol. The lowest BCUT2D eigenvalue weighted by Crippen LogP contribution is -2.46. The third kappa shape index (κ3) is 3.35. The predicted octanol–water partition coefficient (Wildman–Crippen LogP) is 4.47. The summed E-state index contributed by atoms with van der Waals surface area (Å²) in [5.74, 6) is 0.164. The van der Waals surface area contributed by atoms with Gasteiger partial charge in [-0.1, -0.05) is 49.1 Å². The van der Waals surface area contributed by atoms with E-state index in [4.69, 9.17) is 0 Å². The van der Waals surface area contributed by atoms with Crippen LogP contribution in [0.15, 0.2) is 48.8 Å². The first kappa shape index (κ1) is 16.7. The highest BCUT2D eigenvalue weighted by Gasteiger charge is 2.41. The van der Waals surface area contributed by atoms with Crippen LogP contribution < -0.4 is 5.32 Å². The molecule has 1 atom stereocenters. The van der Waals surface area contributed by atoms with Gasteiger partial charge in [-0.05, 0) is 49.9 Å². The number of hydrogen-bond acceptors (Lipinski definition) is 2. The summed E-state index contributed by atoms with van der Waals surface area (Å²) < 4.78 is 0. The van der Waals surface area contributed by atoms with Crippen LogP contribution in [-0.4, -0.2) is 10.9 Å². The Kier molecular flexibility index (Phi) is 4.98. The van der Waals surface area contributed by atoms with Crippen LogP contribution in [0.4, 0.5) is 0 Å². The third-order valence-corrected chi connectivity index (χ3v) is 5.27. The minimum atomic E-state index is -0.383. The molecule has 0 spiro atoms. The van der Waals surface area contributed by atoms with E-state index in [2.05, 4.69) is 41.5 Å². The molecule has 1 heterocycles. The maximum absolute atomic E-state index is 13.3. The summed E-state index contributed by atoms with van der Waals surface area (Å²) in [5, 5.41) is 3.26. The average Bonchev–Trinajstić information content (AvgIpc) is 2.63. The Morgan fingerprint density at radius 3 is 2.50 bits per heavy atom. The van der Waals surface area contributed by atoms with Gasteiger partial charge in [0.05, 0.1) is 11.5 Å². The van der Waals surface area contributed by atoms with Crippen molar-refractivity contribution in [2.24, 2.45) is 0 Å². The van der Waals surface area contributed by atoms with Crippen LogP contribution in [-0.2, 0) is 10.2 Å². The van der Waals surface area contributed by atoms with Crippen molar-refractivity contribution in [3.05, 3.63) is 65.5 Å². The number of carbonyl (C=O) groups is 1. The van der Waals surface area contributed by atoms with Crippen molar-refractivity contribution >= 4 is 5.91 Å². The number of rotatable bonds is 4. The van der Waals surface area contributed by atoms with E-state index in [1.807, 2.05) is 19.1 Å². The first-order valence-electron chi connectivity index (χ1n) is 8.90. The predicted molar refractivity (Wildman–Crippen MR) is 96.7 cm³/mol. The maximum atomic E-state index is 13.3. The summed E-state index contributed by atoms with van der Waals surface area (Å²) in [6.07, 6.45) is 8.87. The number of carbonyl (C=O) groups excluding carboxylic acids is 1. The second-order valence-corrected chi connectivity index (χ2v) is 6.99. The molecule has 1 aliphatic carbocycles. The van der Waals surface area contributed by atoms with Crippen LogP contribution in [0.3, 0.4) is 0 Å². The second kappa shape index (κ2) is 7.16. The molecule has 0 radical (unpaired) electrons. The van der Waals surface area contributed by atoms with Gasteiger partial charge in [0.2, 0.25) is 5.91 Å². The lowest BCUT2D eigenvalue weighted by atomic mass is 9.68. The quantitative estimate of drug-likeness (QED) is 0.902. The van der Waals surface area contributed by atoms with E-state index in [1.165, 1.54) is 17.5 Å². The van der Waals surface area contributed by atoms with Crippen molar-refractivity contribution in [3.63, 3.8) is 0 Å². The van der Waals surface area contributed by atoms with Gasteiger partial charge in [-0.15, -0.1) is 0 Å². The standard InChI is InChI=1S/C21H26N2O/c1-16-7-6-8-19(15-16)21(11-4-3-5-12-21)20(24)23-17(2)18-9-13-22-14-10-18/h6-10,13-15,17H,3-5,11-12H2,1-2H3,(H,23,24). The van der Waals surface area contributed by atoms with Crippen LogP contribution >= 0.6 is 0 Å². The molecule has 1 N–H and O–H groups in total. The van der Waals surface area contributed by atoms with Crippen molar-refractivity contribution in [3.8, 4) is 0 Å². The van der Waals surface area contributed by atoms with Gasteiger partial charge in [-0.25, -0.2) is 0 Å². The minimum Gasteiger partial charge on any atom is -0.349 e. The SMILES string of the molecule is Cc1cccc(C2(C(=O)NC(C)c3ccncc3)CCCCC2)c1. The van der Waals surface area contributed by atoms with Gasteiger partial charge in [-0.3, -0.25) is 9.78 Å². The Labute approximate surface area is 144 Å². The molecular formula is C21H26N2O. The van der Waals surface area contributed by atoms with E-state index in [1.54, 1.807) is 12.4 Å². The number of nitrogens with zero attached hydrogens (tertiary/aromatic N) is 1. The number of benzene rings is 1. The number of amides is 1. The summed E-state index contributed by atoms with van der Waals surface area (Å²) in [4.78, 5) is 17.3. The van der Waals surface area contributed by atoms with E-state index in [0.29, 0.717) is 0 Å². The topological polar surface area (TPSA) is 42.0 Å². The van der Waals surface area contributed by atoms with Gasteiger partial charge in [0.25, 0.3) is 0 Å². The molecule has 3 nitrogen and oxygen atoms in total. The molecule has 1 amide bonds. The molecule has 1 unspecified atom stereocenters. The molecule has 0 bridgehead atoms. The van der Waals surface area contributed by atoms with Crippen molar-refractivity contribution in [2.45, 2.75) is 57.4 Å². The zero-order chi connectivity index (χ0) is 17.0. The van der Waals surface area contributed by atoms with Gasteiger partial charge < -0.3 is 5.32 Å². The molecule has 1 aliphatic rings. The maximum Gasteiger partial charge on any atom is 0.231 e. The van der Waals surface area contributed by atoms with Crippen LogP contribution in [0.5, 0.6) is 0 Å². The zero-order valence-electron chi connectivity index (χ0n) is 14.6. The molecule has 3 heteroatoms. The first-order chi connectivity index (χ1) is 11.6. The van der Waals surface area contributed by atoms with Crippen molar-refractivity contribution in [2.75, 3.05) is 0 Å². The van der Waals surface area contributed by atoms with Gasteiger partial charge in [0.15, 0.2) is 0 Å². The molecule has 126 valence electrons. The molecule has 0 saturated heterocycles. The number of aryl methyl sites for hydroxylation is 1. The molecule has 1 aromatic carbocycles. The fraction of sp³-hybridized carbons (Fsp3) is 0.429. The Morgan fingerprint density at radius 2 is 1.83 bits per heavy atom. The summed E-state index contributed by atoms with van der Waals surface area (Å²) in [6.45, 7) is 4.14. The summed E-state index contributed by atoms with van der Waals surface area (Å²) >= 11 is 0. The number of nitrogens with one attached hydrogen (secondary N) is 1. The van der Waals surface area contributed by atoms with Crippen LogP contribution in [0, 0.1) is 6.92 Å². The van der Waals surface area contributed by atoms with E-state index in [-0.39, 0.29) is 17.4 Å². The van der Waals surface area contributed by atoms with Gasteiger partial charge in [-0.2, -0.15) is 0 Å². The molecule has 0 aliphatic heterocycles. The lowest BCUT2D eigenvalue weighted by Gasteiger charge is -2.37. The molecule has 1 aromatic heterocycles. The molecule has 24 heavy (non-hydrogen) atoms. The normalized spacial score (nSPS) is 17.9. The monoisotopic (exact) mass is 322 g/mol. The van der Waals surface area contributed by atoms with Crippen LogP contribution in [0.25, 0.3) is 0 Å². The molecule has 1 saturated carbocycles. The smallest absolute Gasteiger partial charge is 0.231 e. The Morgan fingerprint density at radius 1 is 1.12 bits per heavy atom. The molecule has 2 aromatic rings. The Bertz CT molecular complexity index is 690. The highest BCUT2D eigenvalue weighted by molar-refractivity contribution is 5.88. The highest BCUT2D eigenvalue weighted by atomic mass is 16.2. The summed E-state index contributed by atoms with van der Waals surface area (Å²) in [5.41, 5.74) is 3.09. The minimum absolute atomic E-state index is 0.0101. The second-order valence-electron chi connectivity index (χ2n) is 6.99. The van der Waals surface area contributed by atoms with Crippen molar-refractivity contribution < 1.29 is 4.79 Å². The Hall–Kier alpha value is -2.16. The zero-order valence-corrected chi connectivity index (χ0v) is 14.6. The number of hydrogen-bond donors (Lipinski definition) is 1.